The number of aliphatic hydroxyl groups is 1. The lowest BCUT2D eigenvalue weighted by Gasteiger charge is -2.31. The number of thiophene rings is 1. The number of hydrogen-bond donors (Lipinski definition) is 2. The van der Waals surface area contributed by atoms with Crippen LogP contribution in [-0.2, 0) is 11.3 Å². The predicted octanol–water partition coefficient (Wildman–Crippen LogP) is 2.85. The average Bonchev–Trinajstić information content (AvgIpc) is 3.40. The number of benzene rings is 1. The molecular formula is C24H26FN5O4S. The molecule has 5 rings (SSSR count). The Bertz CT molecular complexity index is 1280. The summed E-state index contributed by atoms with van der Waals surface area (Å²) < 4.78 is 20.0. The highest BCUT2D eigenvalue weighted by molar-refractivity contribution is 7.17. The number of ether oxygens (including phenoxy) is 1. The fourth-order valence-electron chi connectivity index (χ4n) is 4.26. The third-order valence-electron chi connectivity index (χ3n) is 6.30. The molecule has 35 heavy (non-hydrogen) atoms. The van der Waals surface area contributed by atoms with Crippen molar-refractivity contribution in [1.82, 2.24) is 14.9 Å². The van der Waals surface area contributed by atoms with Crippen molar-refractivity contribution in [3.05, 3.63) is 46.6 Å². The van der Waals surface area contributed by atoms with E-state index in [0.29, 0.717) is 64.7 Å². The minimum Gasteiger partial charge on any atom is -0.387 e. The van der Waals surface area contributed by atoms with Gasteiger partial charge in [-0.1, -0.05) is 0 Å². The maximum absolute atomic E-state index is 14.5. The van der Waals surface area contributed by atoms with Gasteiger partial charge in [-0.15, -0.1) is 11.3 Å². The van der Waals surface area contributed by atoms with Crippen LogP contribution in [0.2, 0.25) is 0 Å². The molecule has 2 N–H and O–H groups in total. The SMILES string of the molecule is CC(C)(O)[C@H](F)CN1Cc2cc(NC(=O)c3csc4nccnc34)c(N3CCOCC3)cc2C1=O. The van der Waals surface area contributed by atoms with Crippen LogP contribution in [0.15, 0.2) is 29.9 Å². The number of carbonyl (C=O) groups excluding carboxylic acids is 2. The van der Waals surface area contributed by atoms with Crippen LogP contribution in [0.3, 0.4) is 0 Å². The van der Waals surface area contributed by atoms with Crippen LogP contribution in [0.1, 0.15) is 40.1 Å². The summed E-state index contributed by atoms with van der Waals surface area (Å²) in [5.41, 5.74) is 1.84. The van der Waals surface area contributed by atoms with Gasteiger partial charge in [-0.2, -0.15) is 0 Å². The predicted molar refractivity (Wildman–Crippen MR) is 131 cm³/mol. The maximum Gasteiger partial charge on any atom is 0.258 e. The van der Waals surface area contributed by atoms with E-state index in [-0.39, 0.29) is 24.9 Å². The summed E-state index contributed by atoms with van der Waals surface area (Å²) in [6.07, 6.45) is 1.54. The first-order valence-electron chi connectivity index (χ1n) is 11.4. The molecule has 1 atom stereocenters. The van der Waals surface area contributed by atoms with Gasteiger partial charge in [0.2, 0.25) is 0 Å². The van der Waals surface area contributed by atoms with E-state index >= 15 is 0 Å². The molecule has 0 radical (unpaired) electrons. The first-order chi connectivity index (χ1) is 16.7. The zero-order chi connectivity index (χ0) is 24.7. The summed E-state index contributed by atoms with van der Waals surface area (Å²) >= 11 is 1.34. The minimum absolute atomic E-state index is 0.198. The lowest BCUT2D eigenvalue weighted by Crippen LogP contribution is -2.42. The topological polar surface area (TPSA) is 108 Å². The third kappa shape index (κ3) is 4.58. The summed E-state index contributed by atoms with van der Waals surface area (Å²) in [5, 5.41) is 14.7. The van der Waals surface area contributed by atoms with Crippen molar-refractivity contribution >= 4 is 44.9 Å². The largest absolute Gasteiger partial charge is 0.387 e. The molecule has 11 heteroatoms. The van der Waals surface area contributed by atoms with E-state index in [1.165, 1.54) is 30.1 Å². The molecule has 2 aromatic heterocycles. The molecular weight excluding hydrogens is 473 g/mol. The molecule has 1 aromatic carbocycles. The molecule has 0 aliphatic carbocycles. The summed E-state index contributed by atoms with van der Waals surface area (Å²) in [7, 11) is 0. The van der Waals surface area contributed by atoms with Gasteiger partial charge in [0.05, 0.1) is 42.3 Å². The van der Waals surface area contributed by atoms with Crippen LogP contribution in [0.25, 0.3) is 10.3 Å². The van der Waals surface area contributed by atoms with Gasteiger partial charge >= 0.3 is 0 Å². The molecule has 2 amide bonds. The van der Waals surface area contributed by atoms with Gasteiger partial charge in [-0.3, -0.25) is 14.6 Å². The number of alkyl halides is 1. The van der Waals surface area contributed by atoms with Gasteiger partial charge in [-0.05, 0) is 31.5 Å². The van der Waals surface area contributed by atoms with Crippen molar-refractivity contribution in [2.24, 2.45) is 0 Å². The second kappa shape index (κ2) is 9.14. The molecule has 9 nitrogen and oxygen atoms in total. The molecule has 4 heterocycles. The number of amides is 2. The fourth-order valence-corrected chi connectivity index (χ4v) is 5.10. The summed E-state index contributed by atoms with van der Waals surface area (Å²) in [6, 6.07) is 3.55. The highest BCUT2D eigenvalue weighted by Gasteiger charge is 2.35. The first kappa shape index (κ1) is 23.6. The van der Waals surface area contributed by atoms with E-state index in [0.717, 1.165) is 0 Å². The Morgan fingerprint density at radius 3 is 2.77 bits per heavy atom. The molecule has 2 aliphatic heterocycles. The number of nitrogens with one attached hydrogen (secondary N) is 1. The second-order valence-electron chi connectivity index (χ2n) is 9.25. The number of morpholine rings is 1. The highest BCUT2D eigenvalue weighted by atomic mass is 32.1. The average molecular weight is 500 g/mol. The first-order valence-corrected chi connectivity index (χ1v) is 12.2. The third-order valence-corrected chi connectivity index (χ3v) is 7.18. The zero-order valence-electron chi connectivity index (χ0n) is 19.5. The summed E-state index contributed by atoms with van der Waals surface area (Å²) in [4.78, 5) is 39.0. The Morgan fingerprint density at radius 2 is 2.03 bits per heavy atom. The molecule has 184 valence electrons. The van der Waals surface area contributed by atoms with E-state index in [9.17, 15) is 19.1 Å². The Morgan fingerprint density at radius 1 is 1.29 bits per heavy atom. The molecule has 3 aromatic rings. The van der Waals surface area contributed by atoms with Crippen molar-refractivity contribution in [3.8, 4) is 0 Å². The van der Waals surface area contributed by atoms with Crippen molar-refractivity contribution in [2.45, 2.75) is 32.2 Å². The Balaban J connectivity index is 1.47. The van der Waals surface area contributed by atoms with Gasteiger partial charge in [0, 0.05) is 43.0 Å². The van der Waals surface area contributed by atoms with Gasteiger partial charge in [0.1, 0.15) is 16.5 Å². The van der Waals surface area contributed by atoms with Crippen LogP contribution < -0.4 is 10.2 Å². The second-order valence-corrected chi connectivity index (χ2v) is 10.1. The quantitative estimate of drug-likeness (QED) is 0.537. The van der Waals surface area contributed by atoms with Gasteiger partial charge < -0.3 is 25.0 Å². The van der Waals surface area contributed by atoms with Crippen LogP contribution >= 0.6 is 11.3 Å². The van der Waals surface area contributed by atoms with E-state index < -0.39 is 11.8 Å². The van der Waals surface area contributed by atoms with Gasteiger partial charge in [0.15, 0.2) is 0 Å². The van der Waals surface area contributed by atoms with Crippen LogP contribution in [0.4, 0.5) is 15.8 Å². The van der Waals surface area contributed by atoms with Crippen molar-refractivity contribution < 1.29 is 23.8 Å². The standard InChI is InChI=1S/C24H26FN5O4S/c1-24(2,33)19(25)12-30-11-14-9-17(18(10-15(14)23(30)32)29-5-7-34-8-6-29)28-21(31)16-13-35-22-20(16)26-3-4-27-22/h3-4,9-10,13,19,33H,5-8,11-12H2,1-2H3,(H,28,31)/t19-/m1/s1. The lowest BCUT2D eigenvalue weighted by molar-refractivity contribution is -0.0159. The molecule has 1 saturated heterocycles. The van der Waals surface area contributed by atoms with Crippen LogP contribution in [-0.4, -0.2) is 76.4 Å². The van der Waals surface area contributed by atoms with Crippen molar-refractivity contribution in [2.75, 3.05) is 43.1 Å². The normalized spacial score (nSPS) is 17.1. The molecule has 0 spiro atoms. The maximum atomic E-state index is 14.5. The summed E-state index contributed by atoms with van der Waals surface area (Å²) in [6.45, 7) is 5.03. The van der Waals surface area contributed by atoms with E-state index in [1.807, 2.05) is 0 Å². The number of rotatable bonds is 6. The van der Waals surface area contributed by atoms with Gasteiger partial charge in [0.25, 0.3) is 11.8 Å². The number of halogens is 1. The number of fused-ring (bicyclic) bond motifs is 2. The number of anilines is 2. The van der Waals surface area contributed by atoms with Gasteiger partial charge in [-0.25, -0.2) is 9.37 Å². The van der Waals surface area contributed by atoms with Crippen molar-refractivity contribution in [3.63, 3.8) is 0 Å². The van der Waals surface area contributed by atoms with E-state index in [2.05, 4.69) is 20.2 Å². The summed E-state index contributed by atoms with van der Waals surface area (Å²) in [5.74, 6) is -0.614. The number of nitrogens with zero attached hydrogens (tertiary/aromatic N) is 4. The minimum atomic E-state index is -1.59. The fraction of sp³-hybridized carbons (Fsp3) is 0.417. The molecule has 2 aliphatic rings. The molecule has 0 saturated carbocycles. The lowest BCUT2D eigenvalue weighted by atomic mass is 10.0. The zero-order valence-corrected chi connectivity index (χ0v) is 20.3. The molecule has 0 unspecified atom stereocenters. The monoisotopic (exact) mass is 499 g/mol. The van der Waals surface area contributed by atoms with Crippen LogP contribution in [0.5, 0.6) is 0 Å². The van der Waals surface area contributed by atoms with Crippen molar-refractivity contribution in [1.29, 1.82) is 0 Å². The van der Waals surface area contributed by atoms with Crippen LogP contribution in [0, 0.1) is 0 Å². The molecule has 1 fully saturated rings. The number of carbonyl (C=O) groups is 2. The number of aromatic nitrogens is 2. The Labute approximate surface area is 205 Å². The molecule has 0 bridgehead atoms. The number of hydrogen-bond acceptors (Lipinski definition) is 8. The van der Waals surface area contributed by atoms with E-state index in [1.54, 1.807) is 29.9 Å². The Hall–Kier alpha value is -3.15. The highest BCUT2D eigenvalue weighted by Crippen LogP contribution is 2.36. The van der Waals surface area contributed by atoms with E-state index in [4.69, 9.17) is 4.74 Å². The Kier molecular flexibility index (Phi) is 6.16. The smallest absolute Gasteiger partial charge is 0.258 e.